The molecule has 1 fully saturated rings. The quantitative estimate of drug-likeness (QED) is 0.498. The minimum atomic E-state index is -4.28. The van der Waals surface area contributed by atoms with Crippen LogP contribution in [0.15, 0.2) is 77.7 Å². The van der Waals surface area contributed by atoms with Gasteiger partial charge in [-0.05, 0) is 54.8 Å². The molecule has 0 aromatic heterocycles. The number of nitrogens with zero attached hydrogens (tertiary/aromatic N) is 1. The van der Waals surface area contributed by atoms with Crippen molar-refractivity contribution in [2.45, 2.75) is 24.3 Å². The summed E-state index contributed by atoms with van der Waals surface area (Å²) in [4.78, 5) is 15.0. The number of amides is 1. The second kappa shape index (κ2) is 11.0. The first kappa shape index (κ1) is 24.8. The van der Waals surface area contributed by atoms with Gasteiger partial charge in [-0.2, -0.15) is 4.72 Å². The molecule has 184 valence electrons. The van der Waals surface area contributed by atoms with Crippen molar-refractivity contribution < 1.29 is 22.3 Å². The summed E-state index contributed by atoms with van der Waals surface area (Å²) in [5.74, 6) is -1.41. The summed E-state index contributed by atoms with van der Waals surface area (Å²) in [5, 5.41) is 2.85. The van der Waals surface area contributed by atoms with Gasteiger partial charge in [-0.1, -0.05) is 42.5 Å². The van der Waals surface area contributed by atoms with E-state index in [1.54, 1.807) is 12.1 Å². The van der Waals surface area contributed by atoms with Gasteiger partial charge in [0.1, 0.15) is 16.8 Å². The number of hydrogen-bond donors (Lipinski definition) is 2. The number of hydrogen-bond acceptors (Lipinski definition) is 5. The molecule has 0 aliphatic carbocycles. The van der Waals surface area contributed by atoms with Gasteiger partial charge in [0.2, 0.25) is 15.9 Å². The molecule has 2 N–H and O–H groups in total. The minimum absolute atomic E-state index is 0.102. The van der Waals surface area contributed by atoms with Crippen molar-refractivity contribution >= 4 is 27.3 Å². The molecule has 9 heteroatoms. The van der Waals surface area contributed by atoms with E-state index in [9.17, 15) is 17.6 Å². The van der Waals surface area contributed by atoms with E-state index in [4.69, 9.17) is 4.74 Å². The van der Waals surface area contributed by atoms with Gasteiger partial charge in [0.25, 0.3) is 0 Å². The molecule has 4 rings (SSSR count). The molecular weight excluding hydrogens is 469 g/mol. The Morgan fingerprint density at radius 1 is 1.03 bits per heavy atom. The van der Waals surface area contributed by atoms with Gasteiger partial charge in [0.15, 0.2) is 0 Å². The molecule has 1 heterocycles. The monoisotopic (exact) mass is 497 g/mol. The van der Waals surface area contributed by atoms with Crippen LogP contribution in [0.4, 0.5) is 15.8 Å². The van der Waals surface area contributed by atoms with Crippen LogP contribution in [0.5, 0.6) is 0 Å². The summed E-state index contributed by atoms with van der Waals surface area (Å²) in [7, 11) is -4.28. The first-order valence-corrected chi connectivity index (χ1v) is 12.9. The van der Waals surface area contributed by atoms with E-state index in [0.717, 1.165) is 36.0 Å². The molecule has 1 aliphatic heterocycles. The Kier molecular flexibility index (Phi) is 7.80. The van der Waals surface area contributed by atoms with Gasteiger partial charge in [0.05, 0.1) is 13.2 Å². The zero-order valence-electron chi connectivity index (χ0n) is 19.4. The number of sulfonamides is 1. The van der Waals surface area contributed by atoms with Crippen molar-refractivity contribution in [2.24, 2.45) is 0 Å². The third-order valence-corrected chi connectivity index (χ3v) is 7.37. The fraction of sp³-hybridized carbons (Fsp3) is 0.269. The summed E-state index contributed by atoms with van der Waals surface area (Å²) in [6, 6.07) is 18.7. The zero-order valence-corrected chi connectivity index (χ0v) is 20.2. The van der Waals surface area contributed by atoms with Crippen LogP contribution in [0.25, 0.3) is 0 Å². The average Bonchev–Trinajstić information content (AvgIpc) is 2.86. The number of carbonyl (C=O) groups is 1. The number of rotatable bonds is 8. The molecule has 0 bridgehead atoms. The molecule has 1 unspecified atom stereocenters. The predicted molar refractivity (Wildman–Crippen MR) is 133 cm³/mol. The molecule has 1 amide bonds. The highest BCUT2D eigenvalue weighted by molar-refractivity contribution is 7.89. The molecule has 3 aromatic rings. The average molecular weight is 498 g/mol. The molecule has 7 nitrogen and oxygen atoms in total. The standard InChI is InChI=1S/C26H28FN3O4S/c1-19-17-21(30-13-15-34-16-14-30)11-12-23(19)28-26(31)24(18-20-7-3-2-4-8-20)29-35(32,33)25-10-6-5-9-22(25)27/h2-12,17,24,29H,13-16,18H2,1H3,(H,28,31). The highest BCUT2D eigenvalue weighted by Gasteiger charge is 2.28. The maximum atomic E-state index is 14.2. The number of aryl methyl sites for hydroxylation is 1. The van der Waals surface area contributed by atoms with Gasteiger partial charge in [-0.3, -0.25) is 4.79 Å². The summed E-state index contributed by atoms with van der Waals surface area (Å²) < 4.78 is 47.9. The number of carbonyl (C=O) groups excluding carboxylic acids is 1. The molecule has 35 heavy (non-hydrogen) atoms. The Balaban J connectivity index is 1.56. The number of benzene rings is 3. The van der Waals surface area contributed by atoms with E-state index in [2.05, 4.69) is 14.9 Å². The minimum Gasteiger partial charge on any atom is -0.378 e. The largest absolute Gasteiger partial charge is 0.378 e. The van der Waals surface area contributed by atoms with Crippen LogP contribution < -0.4 is 14.9 Å². The number of ether oxygens (including phenoxy) is 1. The van der Waals surface area contributed by atoms with Crippen molar-refractivity contribution in [3.8, 4) is 0 Å². The molecule has 1 atom stereocenters. The molecule has 1 aliphatic rings. The zero-order chi connectivity index (χ0) is 24.8. The highest BCUT2D eigenvalue weighted by Crippen LogP contribution is 2.24. The van der Waals surface area contributed by atoms with Crippen molar-refractivity contribution in [1.29, 1.82) is 0 Å². The first-order valence-electron chi connectivity index (χ1n) is 11.4. The Morgan fingerprint density at radius 2 is 1.71 bits per heavy atom. The number of anilines is 2. The van der Waals surface area contributed by atoms with E-state index in [1.165, 1.54) is 18.2 Å². The third kappa shape index (κ3) is 6.25. The lowest BCUT2D eigenvalue weighted by atomic mass is 10.1. The van der Waals surface area contributed by atoms with Crippen LogP contribution >= 0.6 is 0 Å². The number of morpholine rings is 1. The smallest absolute Gasteiger partial charge is 0.244 e. The highest BCUT2D eigenvalue weighted by atomic mass is 32.2. The van der Waals surface area contributed by atoms with Crippen LogP contribution in [0.2, 0.25) is 0 Å². The van der Waals surface area contributed by atoms with Crippen LogP contribution in [0.1, 0.15) is 11.1 Å². The summed E-state index contributed by atoms with van der Waals surface area (Å²) in [5.41, 5.74) is 3.22. The lowest BCUT2D eigenvalue weighted by molar-refractivity contribution is -0.117. The Morgan fingerprint density at radius 3 is 2.40 bits per heavy atom. The second-order valence-electron chi connectivity index (χ2n) is 8.38. The molecule has 1 saturated heterocycles. The first-order chi connectivity index (χ1) is 16.8. The summed E-state index contributed by atoms with van der Waals surface area (Å²) in [6.45, 7) is 4.81. The van der Waals surface area contributed by atoms with Crippen LogP contribution in [-0.4, -0.2) is 46.7 Å². The van der Waals surface area contributed by atoms with Crippen LogP contribution in [0.3, 0.4) is 0 Å². The normalized spacial score (nSPS) is 15.0. The van der Waals surface area contributed by atoms with Crippen LogP contribution in [-0.2, 0) is 26.0 Å². The number of halogens is 1. The fourth-order valence-electron chi connectivity index (χ4n) is 3.98. The van der Waals surface area contributed by atoms with E-state index in [0.29, 0.717) is 18.9 Å². The Hall–Kier alpha value is -3.27. The van der Waals surface area contributed by atoms with Crippen molar-refractivity contribution in [1.82, 2.24) is 4.72 Å². The Labute approximate surface area is 205 Å². The topological polar surface area (TPSA) is 87.7 Å². The Bertz CT molecular complexity index is 1280. The molecule has 0 radical (unpaired) electrons. The van der Waals surface area contributed by atoms with Gasteiger partial charge < -0.3 is 15.0 Å². The van der Waals surface area contributed by atoms with Gasteiger partial charge in [-0.15, -0.1) is 0 Å². The third-order valence-electron chi connectivity index (χ3n) is 5.87. The SMILES string of the molecule is Cc1cc(N2CCOCC2)ccc1NC(=O)C(Cc1ccccc1)NS(=O)(=O)c1ccccc1F. The van der Waals surface area contributed by atoms with Gasteiger partial charge in [-0.25, -0.2) is 12.8 Å². The maximum Gasteiger partial charge on any atom is 0.244 e. The molecule has 0 saturated carbocycles. The second-order valence-corrected chi connectivity index (χ2v) is 10.1. The molecule has 3 aromatic carbocycles. The molecular formula is C26H28FN3O4S. The summed E-state index contributed by atoms with van der Waals surface area (Å²) in [6.07, 6.45) is 0.102. The number of nitrogens with one attached hydrogen (secondary N) is 2. The van der Waals surface area contributed by atoms with Crippen LogP contribution in [0, 0.1) is 12.7 Å². The van der Waals surface area contributed by atoms with Crippen molar-refractivity contribution in [2.75, 3.05) is 36.5 Å². The van der Waals surface area contributed by atoms with E-state index in [1.807, 2.05) is 43.3 Å². The van der Waals surface area contributed by atoms with Crippen molar-refractivity contribution in [3.63, 3.8) is 0 Å². The van der Waals surface area contributed by atoms with Gasteiger partial charge in [0, 0.05) is 24.5 Å². The summed E-state index contributed by atoms with van der Waals surface area (Å²) >= 11 is 0. The lowest BCUT2D eigenvalue weighted by Crippen LogP contribution is -2.45. The lowest BCUT2D eigenvalue weighted by Gasteiger charge is -2.29. The van der Waals surface area contributed by atoms with Crippen molar-refractivity contribution in [3.05, 3.63) is 89.7 Å². The maximum absolute atomic E-state index is 14.2. The predicted octanol–water partition coefficient (Wildman–Crippen LogP) is 3.50. The van der Waals surface area contributed by atoms with E-state index in [-0.39, 0.29) is 6.42 Å². The fourth-order valence-corrected chi connectivity index (χ4v) is 5.25. The van der Waals surface area contributed by atoms with E-state index >= 15 is 0 Å². The molecule has 0 spiro atoms. The van der Waals surface area contributed by atoms with E-state index < -0.39 is 32.7 Å². The van der Waals surface area contributed by atoms with Gasteiger partial charge >= 0.3 is 0 Å².